The van der Waals surface area contributed by atoms with Crippen molar-refractivity contribution in [2.45, 2.75) is 0 Å². The van der Waals surface area contributed by atoms with E-state index in [1.54, 1.807) is 6.33 Å². The maximum Gasteiger partial charge on any atom is 0.116 e. The lowest BCUT2D eigenvalue weighted by Gasteiger charge is -2.08. The van der Waals surface area contributed by atoms with Crippen LogP contribution in [0.15, 0.2) is 97.3 Å². The Hall–Kier alpha value is -3.52. The molecule has 0 aliphatic carbocycles. The van der Waals surface area contributed by atoms with Gasteiger partial charge in [-0.15, -0.1) is 0 Å². The molecule has 26 heavy (non-hydrogen) atoms. The fourth-order valence-corrected chi connectivity index (χ4v) is 3.45. The van der Waals surface area contributed by atoms with Crippen molar-refractivity contribution < 1.29 is 0 Å². The molecule has 0 aliphatic rings. The molecule has 0 atom stereocenters. The van der Waals surface area contributed by atoms with Crippen LogP contribution in [-0.2, 0) is 0 Å². The number of hydrogen-bond acceptors (Lipinski definition) is 2. The van der Waals surface area contributed by atoms with E-state index in [1.165, 1.54) is 21.9 Å². The minimum atomic E-state index is 0.966. The zero-order valence-corrected chi connectivity index (χ0v) is 14.1. The number of hydrogen-bond donors (Lipinski definition) is 0. The summed E-state index contributed by atoms with van der Waals surface area (Å²) in [7, 11) is 0. The minimum Gasteiger partial charge on any atom is -0.236 e. The summed E-state index contributed by atoms with van der Waals surface area (Å²) in [5, 5.41) is 3.59. The summed E-state index contributed by atoms with van der Waals surface area (Å²) < 4.78 is 0. The zero-order valence-electron chi connectivity index (χ0n) is 14.1. The highest BCUT2D eigenvalue weighted by Gasteiger charge is 2.07. The van der Waals surface area contributed by atoms with Crippen molar-refractivity contribution in [3.8, 4) is 22.4 Å². The Morgan fingerprint density at radius 1 is 0.500 bits per heavy atom. The first-order chi connectivity index (χ1) is 12.9. The summed E-state index contributed by atoms with van der Waals surface area (Å²) in [5.74, 6) is 0. The second-order valence-corrected chi connectivity index (χ2v) is 6.38. The average Bonchev–Trinajstić information content (AvgIpc) is 2.73. The number of rotatable bonds is 2. The number of nitrogens with zero attached hydrogens (tertiary/aromatic N) is 2. The van der Waals surface area contributed by atoms with Crippen molar-refractivity contribution in [3.05, 3.63) is 97.3 Å². The lowest BCUT2D eigenvalue weighted by Crippen LogP contribution is -1.89. The molecule has 0 radical (unpaired) electrons. The maximum atomic E-state index is 4.55. The molecule has 122 valence electrons. The largest absolute Gasteiger partial charge is 0.236 e. The molecule has 0 amide bonds. The molecule has 0 aliphatic heterocycles. The number of para-hydroxylation sites is 1. The van der Waals surface area contributed by atoms with Crippen molar-refractivity contribution in [2.24, 2.45) is 0 Å². The van der Waals surface area contributed by atoms with Gasteiger partial charge in [0, 0.05) is 10.9 Å². The SMILES string of the molecule is c1cc(-c2ccc3ccccc3c2)cc(-c2ncnc3ccccc23)c1. The first-order valence-corrected chi connectivity index (χ1v) is 8.68. The van der Waals surface area contributed by atoms with Gasteiger partial charge in [-0.25, -0.2) is 9.97 Å². The van der Waals surface area contributed by atoms with E-state index in [0.717, 1.165) is 22.2 Å². The quantitative estimate of drug-likeness (QED) is 0.389. The van der Waals surface area contributed by atoms with E-state index in [1.807, 2.05) is 18.2 Å². The van der Waals surface area contributed by atoms with Crippen LogP contribution in [0.3, 0.4) is 0 Å². The van der Waals surface area contributed by atoms with E-state index in [0.29, 0.717) is 0 Å². The van der Waals surface area contributed by atoms with Crippen LogP contribution < -0.4 is 0 Å². The van der Waals surface area contributed by atoms with Crippen molar-refractivity contribution in [3.63, 3.8) is 0 Å². The highest BCUT2D eigenvalue weighted by Crippen LogP contribution is 2.30. The maximum absolute atomic E-state index is 4.55. The van der Waals surface area contributed by atoms with Crippen molar-refractivity contribution in [1.82, 2.24) is 9.97 Å². The molecule has 0 spiro atoms. The molecule has 4 aromatic carbocycles. The van der Waals surface area contributed by atoms with Crippen LogP contribution in [0.4, 0.5) is 0 Å². The molecule has 0 bridgehead atoms. The summed E-state index contributed by atoms with van der Waals surface area (Å²) in [6, 6.07) is 31.7. The van der Waals surface area contributed by atoms with Crippen molar-refractivity contribution in [1.29, 1.82) is 0 Å². The van der Waals surface area contributed by atoms with Crippen LogP contribution in [-0.4, -0.2) is 9.97 Å². The molecule has 0 saturated carbocycles. The monoisotopic (exact) mass is 332 g/mol. The standard InChI is InChI=1S/C24H16N2/c1-2-7-18-14-20(13-12-17(18)6-1)19-8-5-9-21(15-19)24-22-10-3-4-11-23(22)25-16-26-24/h1-16H. The third-order valence-electron chi connectivity index (χ3n) is 4.76. The Balaban J connectivity index is 1.66. The van der Waals surface area contributed by atoms with Gasteiger partial charge in [-0.2, -0.15) is 0 Å². The van der Waals surface area contributed by atoms with Crippen molar-refractivity contribution >= 4 is 21.7 Å². The fourth-order valence-electron chi connectivity index (χ4n) is 3.45. The molecule has 2 heteroatoms. The third-order valence-corrected chi connectivity index (χ3v) is 4.76. The van der Waals surface area contributed by atoms with Gasteiger partial charge in [0.25, 0.3) is 0 Å². The second kappa shape index (κ2) is 6.08. The van der Waals surface area contributed by atoms with E-state index in [4.69, 9.17) is 0 Å². The second-order valence-electron chi connectivity index (χ2n) is 6.38. The normalized spacial score (nSPS) is 11.1. The Kier molecular flexibility index (Phi) is 3.46. The smallest absolute Gasteiger partial charge is 0.116 e. The zero-order chi connectivity index (χ0) is 17.3. The lowest BCUT2D eigenvalue weighted by molar-refractivity contribution is 1.22. The molecule has 1 aromatic heterocycles. The molecule has 5 rings (SSSR count). The van der Waals surface area contributed by atoms with Crippen LogP contribution in [0.1, 0.15) is 0 Å². The van der Waals surface area contributed by atoms with Crippen molar-refractivity contribution in [2.75, 3.05) is 0 Å². The van der Waals surface area contributed by atoms with Crippen LogP contribution in [0.2, 0.25) is 0 Å². The number of aromatic nitrogens is 2. The Labute approximate surface area is 151 Å². The van der Waals surface area contributed by atoms with Gasteiger partial charge in [0.15, 0.2) is 0 Å². The molecule has 5 aromatic rings. The summed E-state index contributed by atoms with van der Waals surface area (Å²) in [4.78, 5) is 8.92. The van der Waals surface area contributed by atoms with E-state index in [2.05, 4.69) is 82.8 Å². The predicted octanol–water partition coefficient (Wildman–Crippen LogP) is 6.12. The molecule has 2 nitrogen and oxygen atoms in total. The third kappa shape index (κ3) is 2.52. The number of fused-ring (bicyclic) bond motifs is 2. The van der Waals surface area contributed by atoms with Gasteiger partial charge in [-0.1, -0.05) is 72.8 Å². The van der Waals surface area contributed by atoms with Crippen LogP contribution >= 0.6 is 0 Å². The highest BCUT2D eigenvalue weighted by atomic mass is 14.8. The van der Waals surface area contributed by atoms with E-state index >= 15 is 0 Å². The molecular weight excluding hydrogens is 316 g/mol. The summed E-state index contributed by atoms with van der Waals surface area (Å²) in [6.07, 6.45) is 1.64. The molecule has 0 N–H and O–H groups in total. The minimum absolute atomic E-state index is 0.966. The van der Waals surface area contributed by atoms with Gasteiger partial charge < -0.3 is 0 Å². The predicted molar refractivity (Wildman–Crippen MR) is 108 cm³/mol. The summed E-state index contributed by atoms with van der Waals surface area (Å²) >= 11 is 0. The topological polar surface area (TPSA) is 25.8 Å². The highest BCUT2D eigenvalue weighted by molar-refractivity contribution is 5.93. The van der Waals surface area contributed by atoms with Gasteiger partial charge in [-0.05, 0) is 40.1 Å². The van der Waals surface area contributed by atoms with E-state index in [9.17, 15) is 0 Å². The summed E-state index contributed by atoms with van der Waals surface area (Å²) in [6.45, 7) is 0. The fraction of sp³-hybridized carbons (Fsp3) is 0. The molecular formula is C24H16N2. The Morgan fingerprint density at radius 2 is 1.27 bits per heavy atom. The van der Waals surface area contributed by atoms with Crippen LogP contribution in [0, 0.1) is 0 Å². The van der Waals surface area contributed by atoms with E-state index in [-0.39, 0.29) is 0 Å². The van der Waals surface area contributed by atoms with Crippen LogP contribution in [0.25, 0.3) is 44.1 Å². The molecule has 0 saturated heterocycles. The van der Waals surface area contributed by atoms with Gasteiger partial charge in [0.05, 0.1) is 11.2 Å². The first-order valence-electron chi connectivity index (χ1n) is 8.68. The van der Waals surface area contributed by atoms with Crippen LogP contribution in [0.5, 0.6) is 0 Å². The molecule has 0 fully saturated rings. The van der Waals surface area contributed by atoms with Gasteiger partial charge in [0.2, 0.25) is 0 Å². The number of benzene rings is 4. The summed E-state index contributed by atoms with van der Waals surface area (Å²) in [5.41, 5.74) is 5.45. The average molecular weight is 332 g/mol. The Bertz CT molecular complexity index is 1240. The van der Waals surface area contributed by atoms with Gasteiger partial charge in [-0.3, -0.25) is 0 Å². The van der Waals surface area contributed by atoms with Gasteiger partial charge >= 0.3 is 0 Å². The lowest BCUT2D eigenvalue weighted by atomic mass is 9.98. The molecule has 0 unspecified atom stereocenters. The molecule has 1 heterocycles. The van der Waals surface area contributed by atoms with Gasteiger partial charge in [0.1, 0.15) is 6.33 Å². The van der Waals surface area contributed by atoms with E-state index < -0.39 is 0 Å². The Morgan fingerprint density at radius 3 is 2.23 bits per heavy atom. The first kappa shape index (κ1) is 14.8.